The van der Waals surface area contributed by atoms with Gasteiger partial charge in [-0.15, -0.1) is 0 Å². The van der Waals surface area contributed by atoms with Crippen molar-refractivity contribution in [1.29, 1.82) is 0 Å². The lowest BCUT2D eigenvalue weighted by Gasteiger charge is -2.21. The van der Waals surface area contributed by atoms with Crippen molar-refractivity contribution >= 4 is 16.9 Å². The lowest BCUT2D eigenvalue weighted by atomic mass is 10.1. The summed E-state index contributed by atoms with van der Waals surface area (Å²) in [6, 6.07) is 10.7. The first kappa shape index (κ1) is 15.7. The third kappa shape index (κ3) is 2.98. The number of nitrogens with zero attached hydrogens (tertiary/aromatic N) is 4. The van der Waals surface area contributed by atoms with Crippen LogP contribution in [0.15, 0.2) is 41.2 Å². The fourth-order valence-electron chi connectivity index (χ4n) is 3.08. The van der Waals surface area contributed by atoms with E-state index in [0.717, 1.165) is 22.4 Å². The molecule has 1 N–H and O–H groups in total. The molecule has 2 unspecified atom stereocenters. The Bertz CT molecular complexity index is 985. The molecule has 7 nitrogen and oxygen atoms in total. The molecule has 3 heterocycles. The van der Waals surface area contributed by atoms with Crippen LogP contribution in [0.25, 0.3) is 11.0 Å². The van der Waals surface area contributed by atoms with Crippen molar-refractivity contribution in [2.24, 2.45) is 0 Å². The topological polar surface area (TPSA) is 81.9 Å². The maximum Gasteiger partial charge on any atom is 0.267 e. The van der Waals surface area contributed by atoms with Crippen molar-refractivity contribution in [2.75, 3.05) is 18.5 Å². The average molecular weight is 337 g/mol. The monoisotopic (exact) mass is 337 g/mol. The van der Waals surface area contributed by atoms with Gasteiger partial charge in [-0.25, -0.2) is 14.6 Å². The van der Waals surface area contributed by atoms with Crippen molar-refractivity contribution in [1.82, 2.24) is 19.7 Å². The van der Waals surface area contributed by atoms with Crippen LogP contribution in [-0.2, 0) is 4.74 Å². The van der Waals surface area contributed by atoms with Gasteiger partial charge in [-0.3, -0.25) is 4.79 Å². The third-order valence-electron chi connectivity index (χ3n) is 4.39. The van der Waals surface area contributed by atoms with Crippen LogP contribution in [-0.4, -0.2) is 39.0 Å². The Balaban J connectivity index is 1.67. The Morgan fingerprint density at radius 2 is 1.84 bits per heavy atom. The SMILES string of the molecule is Cc1ccc(=O)n(C2COCC2Nc2nc3ccccc3nc2C)n1. The zero-order valence-corrected chi connectivity index (χ0v) is 14.1. The maximum atomic E-state index is 12.2. The number of benzene rings is 1. The second-order valence-corrected chi connectivity index (χ2v) is 6.26. The van der Waals surface area contributed by atoms with E-state index < -0.39 is 0 Å². The Hall–Kier alpha value is -2.80. The molecule has 2 aromatic heterocycles. The highest BCUT2D eigenvalue weighted by molar-refractivity contribution is 5.76. The van der Waals surface area contributed by atoms with Crippen molar-refractivity contribution in [3.05, 3.63) is 58.1 Å². The van der Waals surface area contributed by atoms with Gasteiger partial charge in [0.25, 0.3) is 5.56 Å². The summed E-state index contributed by atoms with van der Waals surface area (Å²) in [6.45, 7) is 4.71. The highest BCUT2D eigenvalue weighted by Gasteiger charge is 2.32. The van der Waals surface area contributed by atoms with Crippen LogP contribution in [0, 0.1) is 13.8 Å². The lowest BCUT2D eigenvalue weighted by molar-refractivity contribution is 0.182. The molecule has 1 saturated heterocycles. The Labute approximate surface area is 144 Å². The van der Waals surface area contributed by atoms with E-state index in [1.54, 1.807) is 12.1 Å². The van der Waals surface area contributed by atoms with Gasteiger partial charge < -0.3 is 10.1 Å². The molecule has 0 saturated carbocycles. The van der Waals surface area contributed by atoms with Gasteiger partial charge in [0.2, 0.25) is 0 Å². The van der Waals surface area contributed by atoms with E-state index in [9.17, 15) is 4.79 Å². The fourth-order valence-corrected chi connectivity index (χ4v) is 3.08. The van der Waals surface area contributed by atoms with Gasteiger partial charge in [0.15, 0.2) is 0 Å². The van der Waals surface area contributed by atoms with E-state index in [1.165, 1.54) is 4.68 Å². The quantitative estimate of drug-likeness (QED) is 0.785. The smallest absolute Gasteiger partial charge is 0.267 e. The average Bonchev–Trinajstić information content (AvgIpc) is 3.05. The maximum absolute atomic E-state index is 12.2. The van der Waals surface area contributed by atoms with E-state index in [2.05, 4.69) is 20.4 Å². The van der Waals surface area contributed by atoms with Gasteiger partial charge in [-0.05, 0) is 32.0 Å². The zero-order valence-electron chi connectivity index (χ0n) is 14.1. The number of ether oxygens (including phenoxy) is 1. The van der Waals surface area contributed by atoms with Crippen LogP contribution in [0.4, 0.5) is 5.82 Å². The van der Waals surface area contributed by atoms with Gasteiger partial charge in [0.1, 0.15) is 11.9 Å². The normalized spacial score (nSPS) is 20.1. The van der Waals surface area contributed by atoms with Crippen LogP contribution in [0.5, 0.6) is 0 Å². The van der Waals surface area contributed by atoms with E-state index in [0.29, 0.717) is 19.0 Å². The fraction of sp³-hybridized carbons (Fsp3) is 0.333. The minimum atomic E-state index is -0.180. The number of aromatic nitrogens is 4. The van der Waals surface area contributed by atoms with Crippen LogP contribution >= 0.6 is 0 Å². The number of anilines is 1. The minimum absolute atomic E-state index is 0.0961. The second kappa shape index (κ2) is 6.25. The summed E-state index contributed by atoms with van der Waals surface area (Å²) < 4.78 is 7.11. The number of hydrogen-bond donors (Lipinski definition) is 1. The van der Waals surface area contributed by atoms with E-state index >= 15 is 0 Å². The summed E-state index contributed by atoms with van der Waals surface area (Å²) in [4.78, 5) is 21.5. The number of nitrogens with one attached hydrogen (secondary N) is 1. The molecule has 0 bridgehead atoms. The Kier molecular flexibility index (Phi) is 3.93. The van der Waals surface area contributed by atoms with Crippen molar-refractivity contribution < 1.29 is 4.74 Å². The summed E-state index contributed by atoms with van der Waals surface area (Å²) in [5, 5.41) is 7.77. The minimum Gasteiger partial charge on any atom is -0.377 e. The zero-order chi connectivity index (χ0) is 17.4. The molecule has 4 rings (SSSR count). The standard InChI is InChI=1S/C18H19N5O2/c1-11-7-8-17(24)23(22-11)16-10-25-9-15(16)21-18-12(2)19-13-5-3-4-6-14(13)20-18/h3-8,15-16H,9-10H2,1-2H3,(H,20,21). The first-order valence-corrected chi connectivity index (χ1v) is 8.26. The van der Waals surface area contributed by atoms with Gasteiger partial charge in [-0.2, -0.15) is 5.10 Å². The van der Waals surface area contributed by atoms with Crippen molar-refractivity contribution in [3.8, 4) is 0 Å². The molecule has 7 heteroatoms. The van der Waals surface area contributed by atoms with Crippen LogP contribution < -0.4 is 10.9 Å². The summed E-state index contributed by atoms with van der Waals surface area (Å²) in [6.07, 6.45) is 0. The number of para-hydroxylation sites is 2. The van der Waals surface area contributed by atoms with E-state index in [-0.39, 0.29) is 17.6 Å². The van der Waals surface area contributed by atoms with Crippen LogP contribution in [0.1, 0.15) is 17.4 Å². The molecule has 2 atom stereocenters. The molecule has 3 aromatic rings. The molecule has 1 aliphatic heterocycles. The molecule has 0 radical (unpaired) electrons. The first-order chi connectivity index (χ1) is 12.1. The van der Waals surface area contributed by atoms with E-state index in [1.807, 2.05) is 38.1 Å². The van der Waals surface area contributed by atoms with Crippen LogP contribution in [0.2, 0.25) is 0 Å². The van der Waals surface area contributed by atoms with Crippen LogP contribution in [0.3, 0.4) is 0 Å². The summed E-state index contributed by atoms with van der Waals surface area (Å²) in [5.41, 5.74) is 3.17. The summed E-state index contributed by atoms with van der Waals surface area (Å²) in [5.74, 6) is 0.708. The van der Waals surface area contributed by atoms with Crippen molar-refractivity contribution in [3.63, 3.8) is 0 Å². The molecular weight excluding hydrogens is 318 g/mol. The number of aryl methyl sites for hydroxylation is 2. The molecule has 1 aliphatic rings. The molecular formula is C18H19N5O2. The largest absolute Gasteiger partial charge is 0.377 e. The first-order valence-electron chi connectivity index (χ1n) is 8.26. The molecule has 0 amide bonds. The number of rotatable bonds is 3. The predicted octanol–water partition coefficient (Wildman–Crippen LogP) is 1.86. The molecule has 128 valence electrons. The second-order valence-electron chi connectivity index (χ2n) is 6.26. The Morgan fingerprint density at radius 3 is 2.64 bits per heavy atom. The number of hydrogen-bond acceptors (Lipinski definition) is 6. The summed E-state index contributed by atoms with van der Waals surface area (Å²) >= 11 is 0. The molecule has 25 heavy (non-hydrogen) atoms. The predicted molar refractivity (Wildman–Crippen MR) is 94.8 cm³/mol. The highest BCUT2D eigenvalue weighted by atomic mass is 16.5. The van der Waals surface area contributed by atoms with Gasteiger partial charge in [0.05, 0.1) is 41.7 Å². The molecule has 0 spiro atoms. The van der Waals surface area contributed by atoms with E-state index in [4.69, 9.17) is 4.74 Å². The number of fused-ring (bicyclic) bond motifs is 1. The molecule has 0 aliphatic carbocycles. The van der Waals surface area contributed by atoms with Gasteiger partial charge in [-0.1, -0.05) is 12.1 Å². The Morgan fingerprint density at radius 1 is 1.08 bits per heavy atom. The van der Waals surface area contributed by atoms with Gasteiger partial charge >= 0.3 is 0 Å². The van der Waals surface area contributed by atoms with Gasteiger partial charge in [0, 0.05) is 6.07 Å². The molecule has 1 fully saturated rings. The summed E-state index contributed by atoms with van der Waals surface area (Å²) in [7, 11) is 0. The third-order valence-corrected chi connectivity index (χ3v) is 4.39. The lowest BCUT2D eigenvalue weighted by Crippen LogP contribution is -2.37. The highest BCUT2D eigenvalue weighted by Crippen LogP contribution is 2.23. The molecule has 1 aromatic carbocycles. The van der Waals surface area contributed by atoms with Crippen molar-refractivity contribution in [2.45, 2.75) is 25.9 Å².